The number of nitriles is 1. The molecule has 0 aromatic carbocycles. The topological polar surface area (TPSA) is 88.6 Å². The molecule has 0 N–H and O–H groups in total. The van der Waals surface area contributed by atoms with Crippen molar-refractivity contribution >= 4 is 21.6 Å². The van der Waals surface area contributed by atoms with E-state index in [9.17, 15) is 8.42 Å². The zero-order valence-corrected chi connectivity index (χ0v) is 11.7. The van der Waals surface area contributed by atoms with E-state index < -0.39 is 9.84 Å². The Kier molecular flexibility index (Phi) is 3.92. The highest BCUT2D eigenvalue weighted by Crippen LogP contribution is 2.29. The number of nitrogens with zero attached hydrogens (tertiary/aromatic N) is 4. The summed E-state index contributed by atoms with van der Waals surface area (Å²) in [5.41, 5.74) is 0. The van der Waals surface area contributed by atoms with Crippen molar-refractivity contribution in [3.63, 3.8) is 0 Å². The summed E-state index contributed by atoms with van der Waals surface area (Å²) >= 11 is 1.47. The summed E-state index contributed by atoms with van der Waals surface area (Å²) in [4.78, 5) is 0. The van der Waals surface area contributed by atoms with E-state index in [1.165, 1.54) is 11.8 Å². The van der Waals surface area contributed by atoms with E-state index in [0.29, 0.717) is 18.6 Å². The van der Waals surface area contributed by atoms with Crippen LogP contribution < -0.4 is 0 Å². The van der Waals surface area contributed by atoms with Crippen molar-refractivity contribution in [3.8, 4) is 6.07 Å². The maximum atomic E-state index is 11.4. The van der Waals surface area contributed by atoms with Gasteiger partial charge >= 0.3 is 0 Å². The van der Waals surface area contributed by atoms with Crippen LogP contribution in [0.1, 0.15) is 24.6 Å². The van der Waals surface area contributed by atoms with E-state index >= 15 is 0 Å². The lowest BCUT2D eigenvalue weighted by Crippen LogP contribution is -2.09. The van der Waals surface area contributed by atoms with Crippen LogP contribution in [0.5, 0.6) is 0 Å². The third-order valence-corrected chi connectivity index (χ3v) is 5.70. The summed E-state index contributed by atoms with van der Waals surface area (Å²) in [6.45, 7) is 0. The summed E-state index contributed by atoms with van der Waals surface area (Å²) in [7, 11) is -1.06. The van der Waals surface area contributed by atoms with Gasteiger partial charge in [0.1, 0.15) is 5.82 Å². The summed E-state index contributed by atoms with van der Waals surface area (Å²) in [5.74, 6) is 1.77. The second kappa shape index (κ2) is 5.28. The second-order valence-electron chi connectivity index (χ2n) is 4.26. The fourth-order valence-corrected chi connectivity index (χ4v) is 4.49. The average molecular weight is 286 g/mol. The van der Waals surface area contributed by atoms with Crippen LogP contribution in [0, 0.1) is 11.3 Å². The molecule has 1 aliphatic rings. The van der Waals surface area contributed by atoms with Crippen molar-refractivity contribution in [2.24, 2.45) is 7.05 Å². The van der Waals surface area contributed by atoms with Crippen LogP contribution >= 0.6 is 11.8 Å². The number of hydrogen-bond donors (Lipinski definition) is 0. The summed E-state index contributed by atoms with van der Waals surface area (Å²) in [5, 5.41) is 17.4. The smallest absolute Gasteiger partial charge is 0.190 e. The molecule has 2 rings (SSSR count). The Morgan fingerprint density at radius 1 is 1.56 bits per heavy atom. The largest absolute Gasteiger partial charge is 0.309 e. The summed E-state index contributed by atoms with van der Waals surface area (Å²) in [6.07, 6.45) is 1.09. The molecule has 98 valence electrons. The molecule has 0 amide bonds. The molecule has 18 heavy (non-hydrogen) atoms. The lowest BCUT2D eigenvalue weighted by molar-refractivity contribution is 0.599. The number of aromatic nitrogens is 3. The van der Waals surface area contributed by atoms with E-state index in [-0.39, 0.29) is 17.4 Å². The third kappa shape index (κ3) is 2.84. The van der Waals surface area contributed by atoms with Crippen molar-refractivity contribution in [1.29, 1.82) is 5.26 Å². The minimum atomic E-state index is -2.90. The molecule has 1 aromatic heterocycles. The molecule has 0 spiro atoms. The number of thioether (sulfide) groups is 1. The predicted octanol–water partition coefficient (Wildman–Crippen LogP) is 0.723. The molecule has 1 aliphatic heterocycles. The monoisotopic (exact) mass is 286 g/mol. The second-order valence-corrected chi connectivity index (χ2v) is 7.55. The molecule has 0 unspecified atom stereocenters. The Bertz CT molecular complexity index is 573. The summed E-state index contributed by atoms with van der Waals surface area (Å²) in [6, 6.07) is 2.07. The molecule has 8 heteroatoms. The van der Waals surface area contributed by atoms with Crippen LogP contribution in [0.4, 0.5) is 0 Å². The van der Waals surface area contributed by atoms with E-state index in [0.717, 1.165) is 11.0 Å². The first kappa shape index (κ1) is 13.4. The van der Waals surface area contributed by atoms with Crippen molar-refractivity contribution in [2.75, 3.05) is 17.3 Å². The Hall–Kier alpha value is -1.07. The van der Waals surface area contributed by atoms with Gasteiger partial charge in [-0.1, -0.05) is 11.8 Å². The Morgan fingerprint density at radius 2 is 2.33 bits per heavy atom. The average Bonchev–Trinajstić information content (AvgIpc) is 2.83. The van der Waals surface area contributed by atoms with Crippen LogP contribution in [0.3, 0.4) is 0 Å². The van der Waals surface area contributed by atoms with Gasteiger partial charge in [-0.2, -0.15) is 5.26 Å². The molecule has 0 bridgehead atoms. The minimum absolute atomic E-state index is 0.0437. The minimum Gasteiger partial charge on any atom is -0.309 e. The molecule has 0 aliphatic carbocycles. The van der Waals surface area contributed by atoms with Crippen LogP contribution in [0.15, 0.2) is 5.16 Å². The normalized spacial score (nSPS) is 21.9. The summed E-state index contributed by atoms with van der Waals surface area (Å²) < 4.78 is 24.7. The van der Waals surface area contributed by atoms with Gasteiger partial charge in [-0.15, -0.1) is 10.2 Å². The fourth-order valence-electron chi connectivity index (χ4n) is 1.99. The highest BCUT2D eigenvalue weighted by atomic mass is 32.2. The molecular weight excluding hydrogens is 272 g/mol. The first-order chi connectivity index (χ1) is 8.53. The van der Waals surface area contributed by atoms with Crippen LogP contribution in [0.25, 0.3) is 0 Å². The van der Waals surface area contributed by atoms with E-state index in [1.807, 2.05) is 11.6 Å². The Morgan fingerprint density at radius 3 is 2.94 bits per heavy atom. The van der Waals surface area contributed by atoms with Gasteiger partial charge in [0.2, 0.25) is 0 Å². The maximum Gasteiger partial charge on any atom is 0.190 e. The molecular formula is C10H14N4O2S2. The highest BCUT2D eigenvalue weighted by molar-refractivity contribution is 7.99. The highest BCUT2D eigenvalue weighted by Gasteiger charge is 2.32. The quantitative estimate of drug-likeness (QED) is 0.598. The molecule has 1 fully saturated rings. The first-order valence-electron chi connectivity index (χ1n) is 5.63. The van der Waals surface area contributed by atoms with E-state index in [2.05, 4.69) is 16.3 Å². The lowest BCUT2D eigenvalue weighted by Gasteiger charge is -2.07. The van der Waals surface area contributed by atoms with Crippen LogP contribution in [0.2, 0.25) is 0 Å². The Labute approximate surface area is 110 Å². The SMILES string of the molecule is Cn1c(SCCC#N)nnc1[C@H]1CCS(=O)(=O)C1. The molecule has 0 radical (unpaired) electrons. The van der Waals surface area contributed by atoms with Gasteiger partial charge in [-0.05, 0) is 6.42 Å². The molecule has 0 saturated carbocycles. The first-order valence-corrected chi connectivity index (χ1v) is 8.43. The van der Waals surface area contributed by atoms with Crippen molar-refractivity contribution in [2.45, 2.75) is 23.9 Å². The van der Waals surface area contributed by atoms with Crippen molar-refractivity contribution in [3.05, 3.63) is 5.82 Å². The standard InChI is InChI=1S/C10H14N4O2S2/c1-14-9(8-3-6-18(15,16)7-8)12-13-10(14)17-5-2-4-11/h8H,2-3,5-7H2,1H3/t8-/m0/s1. The van der Waals surface area contributed by atoms with Gasteiger partial charge in [-0.3, -0.25) is 0 Å². The van der Waals surface area contributed by atoms with Gasteiger partial charge in [-0.25, -0.2) is 8.42 Å². The van der Waals surface area contributed by atoms with E-state index in [4.69, 9.17) is 5.26 Å². The number of sulfone groups is 1. The third-order valence-electron chi connectivity index (χ3n) is 2.91. The zero-order chi connectivity index (χ0) is 13.2. The predicted molar refractivity (Wildman–Crippen MR) is 68.0 cm³/mol. The van der Waals surface area contributed by atoms with Crippen LogP contribution in [-0.2, 0) is 16.9 Å². The van der Waals surface area contributed by atoms with Gasteiger partial charge < -0.3 is 4.57 Å². The molecule has 2 heterocycles. The maximum absolute atomic E-state index is 11.4. The number of rotatable bonds is 4. The van der Waals surface area contributed by atoms with Crippen LogP contribution in [-0.4, -0.2) is 40.4 Å². The van der Waals surface area contributed by atoms with Gasteiger partial charge in [0.15, 0.2) is 15.0 Å². The Balaban J connectivity index is 2.09. The van der Waals surface area contributed by atoms with E-state index in [1.54, 1.807) is 0 Å². The van der Waals surface area contributed by atoms with Gasteiger partial charge in [0, 0.05) is 25.1 Å². The van der Waals surface area contributed by atoms with Crippen molar-refractivity contribution < 1.29 is 8.42 Å². The zero-order valence-electron chi connectivity index (χ0n) is 10.0. The molecule has 1 atom stereocenters. The molecule has 1 aromatic rings. The molecule has 6 nitrogen and oxygen atoms in total. The fraction of sp³-hybridized carbons (Fsp3) is 0.700. The van der Waals surface area contributed by atoms with Gasteiger partial charge in [0.05, 0.1) is 17.6 Å². The van der Waals surface area contributed by atoms with Gasteiger partial charge in [0.25, 0.3) is 0 Å². The lowest BCUT2D eigenvalue weighted by atomic mass is 10.1. The van der Waals surface area contributed by atoms with Crippen molar-refractivity contribution in [1.82, 2.24) is 14.8 Å². The molecule has 1 saturated heterocycles. The number of hydrogen-bond acceptors (Lipinski definition) is 6.